The molecule has 0 saturated heterocycles. The minimum atomic E-state index is 0.392. The summed E-state index contributed by atoms with van der Waals surface area (Å²) in [5.41, 5.74) is 1.09. The first-order valence-electron chi connectivity index (χ1n) is 3.69. The molecule has 0 aliphatic rings. The second kappa shape index (κ2) is 2.88. The lowest BCUT2D eigenvalue weighted by molar-refractivity contribution is 0.112. The smallest absolute Gasteiger partial charge is 0.153 e. The average molecular weight is 240 g/mol. The normalized spacial score (nSPS) is 10.5. The van der Waals surface area contributed by atoms with Crippen molar-refractivity contribution in [1.82, 2.24) is 4.73 Å². The maximum atomic E-state index is 10.7. The van der Waals surface area contributed by atoms with Crippen LogP contribution in [0.3, 0.4) is 0 Å². The van der Waals surface area contributed by atoms with Crippen molar-refractivity contribution >= 4 is 33.1 Å². The van der Waals surface area contributed by atoms with Gasteiger partial charge in [0.15, 0.2) is 6.29 Å². The Kier molecular flexibility index (Phi) is 1.84. The van der Waals surface area contributed by atoms with Crippen molar-refractivity contribution < 1.29 is 10.0 Å². The standard InChI is InChI=1S/C9H6BrNO2/c10-9-7(5-12)6-3-1-2-4-8(6)11(9)13/h1-5,13H. The Balaban J connectivity index is 2.98. The summed E-state index contributed by atoms with van der Waals surface area (Å²) in [6.45, 7) is 0. The summed E-state index contributed by atoms with van der Waals surface area (Å²) in [5, 5.41) is 10.3. The molecule has 3 nitrogen and oxygen atoms in total. The van der Waals surface area contributed by atoms with Gasteiger partial charge in [-0.3, -0.25) is 4.79 Å². The van der Waals surface area contributed by atoms with Crippen LogP contribution in [0.25, 0.3) is 10.9 Å². The van der Waals surface area contributed by atoms with E-state index in [1.807, 2.05) is 6.07 Å². The van der Waals surface area contributed by atoms with Gasteiger partial charge in [0.1, 0.15) is 4.60 Å². The van der Waals surface area contributed by atoms with Crippen LogP contribution in [-0.2, 0) is 0 Å². The highest BCUT2D eigenvalue weighted by Gasteiger charge is 2.12. The van der Waals surface area contributed by atoms with E-state index in [1.165, 1.54) is 0 Å². The van der Waals surface area contributed by atoms with Gasteiger partial charge < -0.3 is 5.21 Å². The number of carbonyl (C=O) groups is 1. The Morgan fingerprint density at radius 1 is 1.38 bits per heavy atom. The molecule has 13 heavy (non-hydrogen) atoms. The van der Waals surface area contributed by atoms with Gasteiger partial charge in [0.2, 0.25) is 0 Å². The van der Waals surface area contributed by atoms with Gasteiger partial charge in [-0.25, -0.2) is 0 Å². The number of carbonyl (C=O) groups excluding carboxylic acids is 1. The molecule has 0 aliphatic heterocycles. The number of hydrogen-bond donors (Lipinski definition) is 1. The molecule has 4 heteroatoms. The predicted molar refractivity (Wildman–Crippen MR) is 52.2 cm³/mol. The monoisotopic (exact) mass is 239 g/mol. The summed E-state index contributed by atoms with van der Waals surface area (Å²) in [6.07, 6.45) is 0.721. The Bertz CT molecular complexity index is 476. The molecule has 66 valence electrons. The lowest BCUT2D eigenvalue weighted by atomic mass is 10.2. The van der Waals surface area contributed by atoms with E-state index >= 15 is 0 Å². The largest absolute Gasteiger partial charge is 0.427 e. The average Bonchev–Trinajstić information content (AvgIpc) is 2.41. The highest BCUT2D eigenvalue weighted by Crippen LogP contribution is 2.27. The van der Waals surface area contributed by atoms with Gasteiger partial charge in [-0.1, -0.05) is 18.2 Å². The highest BCUT2D eigenvalue weighted by atomic mass is 79.9. The van der Waals surface area contributed by atoms with Crippen LogP contribution < -0.4 is 0 Å². The van der Waals surface area contributed by atoms with Crippen LogP contribution in [0.5, 0.6) is 0 Å². The number of hydrogen-bond acceptors (Lipinski definition) is 2. The van der Waals surface area contributed by atoms with Crippen LogP contribution in [0, 0.1) is 0 Å². The van der Waals surface area contributed by atoms with Crippen molar-refractivity contribution in [2.45, 2.75) is 0 Å². The zero-order valence-corrected chi connectivity index (χ0v) is 8.15. The van der Waals surface area contributed by atoms with Gasteiger partial charge in [-0.15, -0.1) is 0 Å². The number of aromatic nitrogens is 1. The molecule has 2 rings (SSSR count). The number of para-hydroxylation sites is 1. The molecule has 1 N–H and O–H groups in total. The SMILES string of the molecule is O=Cc1c(Br)n(O)c2ccccc12. The molecule has 2 aromatic rings. The molecular formula is C9H6BrNO2. The minimum absolute atomic E-state index is 0.392. The van der Waals surface area contributed by atoms with E-state index in [4.69, 9.17) is 0 Å². The van der Waals surface area contributed by atoms with Crippen LogP contribution in [-0.4, -0.2) is 16.2 Å². The van der Waals surface area contributed by atoms with Crippen molar-refractivity contribution in [2.75, 3.05) is 0 Å². The molecule has 1 heterocycles. The molecular weight excluding hydrogens is 234 g/mol. The van der Waals surface area contributed by atoms with Crippen molar-refractivity contribution in [1.29, 1.82) is 0 Å². The van der Waals surface area contributed by atoms with Crippen molar-refractivity contribution in [2.24, 2.45) is 0 Å². The first-order valence-corrected chi connectivity index (χ1v) is 4.48. The van der Waals surface area contributed by atoms with Gasteiger partial charge in [-0.05, 0) is 22.0 Å². The Morgan fingerprint density at radius 2 is 2.08 bits per heavy atom. The summed E-state index contributed by atoms with van der Waals surface area (Å²) < 4.78 is 1.35. The van der Waals surface area contributed by atoms with Gasteiger partial charge in [0, 0.05) is 5.39 Å². The quantitative estimate of drug-likeness (QED) is 0.614. The van der Waals surface area contributed by atoms with Gasteiger partial charge >= 0.3 is 0 Å². The van der Waals surface area contributed by atoms with E-state index in [0.29, 0.717) is 15.7 Å². The first-order chi connectivity index (χ1) is 6.25. The van der Waals surface area contributed by atoms with E-state index in [2.05, 4.69) is 15.9 Å². The molecule has 1 aromatic heterocycles. The summed E-state index contributed by atoms with van der Waals surface area (Å²) >= 11 is 3.14. The third kappa shape index (κ3) is 1.06. The van der Waals surface area contributed by atoms with Gasteiger partial charge in [0.05, 0.1) is 11.1 Å². The fourth-order valence-electron chi connectivity index (χ4n) is 1.33. The molecule has 0 fully saturated rings. The zero-order chi connectivity index (χ0) is 9.42. The van der Waals surface area contributed by atoms with Crippen LogP contribution in [0.1, 0.15) is 10.4 Å². The molecule has 0 aliphatic carbocycles. The maximum Gasteiger partial charge on any atom is 0.153 e. The number of nitrogens with zero attached hydrogens (tertiary/aromatic N) is 1. The molecule has 0 atom stereocenters. The third-order valence-electron chi connectivity index (χ3n) is 1.95. The highest BCUT2D eigenvalue weighted by molar-refractivity contribution is 9.10. The van der Waals surface area contributed by atoms with Crippen LogP contribution >= 0.6 is 15.9 Å². The van der Waals surface area contributed by atoms with Crippen molar-refractivity contribution in [3.05, 3.63) is 34.4 Å². The Morgan fingerprint density at radius 3 is 2.77 bits per heavy atom. The number of halogens is 1. The van der Waals surface area contributed by atoms with E-state index in [1.54, 1.807) is 18.2 Å². The van der Waals surface area contributed by atoms with E-state index in [0.717, 1.165) is 16.4 Å². The summed E-state index contributed by atoms with van der Waals surface area (Å²) in [6, 6.07) is 7.15. The summed E-state index contributed by atoms with van der Waals surface area (Å²) in [4.78, 5) is 10.7. The third-order valence-corrected chi connectivity index (χ3v) is 2.71. The fraction of sp³-hybridized carbons (Fsp3) is 0. The molecule has 0 saturated carbocycles. The lowest BCUT2D eigenvalue weighted by Gasteiger charge is -1.93. The molecule has 0 amide bonds. The first kappa shape index (κ1) is 8.31. The van der Waals surface area contributed by atoms with Gasteiger partial charge in [-0.2, -0.15) is 4.73 Å². The number of aldehydes is 1. The van der Waals surface area contributed by atoms with E-state index in [-0.39, 0.29) is 0 Å². The molecule has 0 spiro atoms. The second-order valence-electron chi connectivity index (χ2n) is 2.65. The van der Waals surface area contributed by atoms with Crippen LogP contribution in [0.2, 0.25) is 0 Å². The van der Waals surface area contributed by atoms with Crippen molar-refractivity contribution in [3.8, 4) is 0 Å². The molecule has 0 unspecified atom stereocenters. The Labute approximate surface area is 82.7 Å². The summed E-state index contributed by atoms with van der Waals surface area (Å²) in [5.74, 6) is 0. The van der Waals surface area contributed by atoms with E-state index in [9.17, 15) is 10.0 Å². The van der Waals surface area contributed by atoms with Crippen LogP contribution in [0.4, 0.5) is 0 Å². The number of fused-ring (bicyclic) bond motifs is 1. The molecule has 0 bridgehead atoms. The summed E-state index contributed by atoms with van der Waals surface area (Å²) in [7, 11) is 0. The Hall–Kier alpha value is -1.29. The lowest BCUT2D eigenvalue weighted by Crippen LogP contribution is -1.88. The van der Waals surface area contributed by atoms with Crippen LogP contribution in [0.15, 0.2) is 28.9 Å². The maximum absolute atomic E-state index is 10.7. The topological polar surface area (TPSA) is 42.2 Å². The molecule has 0 radical (unpaired) electrons. The van der Waals surface area contributed by atoms with E-state index < -0.39 is 0 Å². The molecule has 1 aromatic carbocycles. The zero-order valence-electron chi connectivity index (χ0n) is 6.57. The number of benzene rings is 1. The predicted octanol–water partition coefficient (Wildman–Crippen LogP) is 2.45. The van der Waals surface area contributed by atoms with Crippen molar-refractivity contribution in [3.63, 3.8) is 0 Å². The van der Waals surface area contributed by atoms with Gasteiger partial charge in [0.25, 0.3) is 0 Å². The fourth-order valence-corrected chi connectivity index (χ4v) is 1.83. The second-order valence-corrected chi connectivity index (χ2v) is 3.40. The number of rotatable bonds is 1. The minimum Gasteiger partial charge on any atom is -0.427 e.